The molecule has 0 aliphatic carbocycles. The zero-order valence-corrected chi connectivity index (χ0v) is 9.77. The average Bonchev–Trinajstić information content (AvgIpc) is 2.61. The lowest BCUT2D eigenvalue weighted by molar-refractivity contribution is 0.170. The van der Waals surface area contributed by atoms with Gasteiger partial charge in [0.05, 0.1) is 12.3 Å². The predicted octanol–water partition coefficient (Wildman–Crippen LogP) is 1.15. The van der Waals surface area contributed by atoms with Crippen molar-refractivity contribution >= 4 is 0 Å². The second-order valence-electron chi connectivity index (χ2n) is 4.07. The Morgan fingerprint density at radius 3 is 2.80 bits per heavy atom. The maximum Gasteiger partial charge on any atom is 0.0534 e. The summed E-state index contributed by atoms with van der Waals surface area (Å²) in [4.78, 5) is 0. The van der Waals surface area contributed by atoms with Crippen molar-refractivity contribution in [1.82, 2.24) is 15.1 Å². The van der Waals surface area contributed by atoms with Crippen LogP contribution < -0.4 is 5.32 Å². The van der Waals surface area contributed by atoms with Crippen molar-refractivity contribution in [1.29, 1.82) is 0 Å². The fourth-order valence-electron chi connectivity index (χ4n) is 1.56. The molecule has 0 fully saturated rings. The largest absolute Gasteiger partial charge is 0.393 e. The van der Waals surface area contributed by atoms with Crippen molar-refractivity contribution in [2.75, 3.05) is 0 Å². The highest BCUT2D eigenvalue weighted by molar-refractivity contribution is 5.03. The van der Waals surface area contributed by atoms with E-state index in [-0.39, 0.29) is 6.10 Å². The SMILES string of the molecule is CCn1cc(CNC(C)CC(C)O)cn1. The summed E-state index contributed by atoms with van der Waals surface area (Å²) in [6.07, 6.45) is 4.46. The minimum atomic E-state index is -0.245. The summed E-state index contributed by atoms with van der Waals surface area (Å²) >= 11 is 0. The van der Waals surface area contributed by atoms with Crippen LogP contribution in [0.4, 0.5) is 0 Å². The van der Waals surface area contributed by atoms with Crippen LogP contribution in [0.1, 0.15) is 32.8 Å². The maximum absolute atomic E-state index is 9.21. The molecule has 2 unspecified atom stereocenters. The van der Waals surface area contributed by atoms with Gasteiger partial charge in [0.15, 0.2) is 0 Å². The fourth-order valence-corrected chi connectivity index (χ4v) is 1.56. The van der Waals surface area contributed by atoms with Crippen molar-refractivity contribution in [2.24, 2.45) is 0 Å². The van der Waals surface area contributed by atoms with Crippen LogP contribution in [0, 0.1) is 0 Å². The van der Waals surface area contributed by atoms with Gasteiger partial charge in [-0.15, -0.1) is 0 Å². The van der Waals surface area contributed by atoms with E-state index in [4.69, 9.17) is 0 Å². The third-order valence-corrected chi connectivity index (χ3v) is 2.36. The van der Waals surface area contributed by atoms with Gasteiger partial charge < -0.3 is 10.4 Å². The summed E-state index contributed by atoms with van der Waals surface area (Å²) in [5.41, 5.74) is 1.19. The molecule has 2 atom stereocenters. The number of aliphatic hydroxyl groups excluding tert-OH is 1. The molecule has 0 radical (unpaired) electrons. The quantitative estimate of drug-likeness (QED) is 0.742. The first-order valence-electron chi connectivity index (χ1n) is 5.54. The Hall–Kier alpha value is -0.870. The second kappa shape index (κ2) is 5.88. The monoisotopic (exact) mass is 211 g/mol. The Morgan fingerprint density at radius 1 is 1.53 bits per heavy atom. The minimum Gasteiger partial charge on any atom is -0.393 e. The zero-order valence-electron chi connectivity index (χ0n) is 9.77. The lowest BCUT2D eigenvalue weighted by Gasteiger charge is -2.14. The van der Waals surface area contributed by atoms with Crippen molar-refractivity contribution in [2.45, 2.75) is 52.4 Å². The summed E-state index contributed by atoms with van der Waals surface area (Å²) in [7, 11) is 0. The summed E-state index contributed by atoms with van der Waals surface area (Å²) in [5, 5.41) is 16.8. The highest BCUT2D eigenvalue weighted by Crippen LogP contribution is 2.01. The average molecular weight is 211 g/mol. The molecule has 0 aliphatic rings. The molecule has 0 aliphatic heterocycles. The highest BCUT2D eigenvalue weighted by Gasteiger charge is 2.05. The maximum atomic E-state index is 9.21. The van der Waals surface area contributed by atoms with Crippen molar-refractivity contribution in [3.8, 4) is 0 Å². The van der Waals surface area contributed by atoms with Gasteiger partial charge in [0.1, 0.15) is 0 Å². The van der Waals surface area contributed by atoms with Crippen molar-refractivity contribution < 1.29 is 5.11 Å². The van der Waals surface area contributed by atoms with E-state index in [1.165, 1.54) is 5.56 Å². The Bertz CT molecular complexity index is 283. The lowest BCUT2D eigenvalue weighted by atomic mass is 10.1. The Kier molecular flexibility index (Phi) is 4.78. The van der Waals surface area contributed by atoms with E-state index in [0.29, 0.717) is 6.04 Å². The van der Waals surface area contributed by atoms with Gasteiger partial charge in [-0.2, -0.15) is 5.10 Å². The third-order valence-electron chi connectivity index (χ3n) is 2.36. The van der Waals surface area contributed by atoms with Crippen LogP contribution in [-0.2, 0) is 13.1 Å². The number of rotatable bonds is 6. The van der Waals surface area contributed by atoms with E-state index in [2.05, 4.69) is 24.3 Å². The van der Waals surface area contributed by atoms with Gasteiger partial charge in [0, 0.05) is 30.9 Å². The molecule has 1 aromatic heterocycles. The van der Waals surface area contributed by atoms with Gasteiger partial charge in [-0.05, 0) is 27.2 Å². The molecule has 4 nitrogen and oxygen atoms in total. The highest BCUT2D eigenvalue weighted by atomic mass is 16.3. The zero-order chi connectivity index (χ0) is 11.3. The van der Waals surface area contributed by atoms with E-state index in [1.54, 1.807) is 0 Å². The Labute approximate surface area is 91.3 Å². The summed E-state index contributed by atoms with van der Waals surface area (Å²) < 4.78 is 1.91. The van der Waals surface area contributed by atoms with E-state index in [1.807, 2.05) is 24.0 Å². The molecular formula is C11H21N3O. The molecule has 0 amide bonds. The van der Waals surface area contributed by atoms with Gasteiger partial charge >= 0.3 is 0 Å². The number of aryl methyl sites for hydroxylation is 1. The van der Waals surface area contributed by atoms with Gasteiger partial charge in [0.2, 0.25) is 0 Å². The van der Waals surface area contributed by atoms with Crippen LogP contribution in [-0.4, -0.2) is 27.0 Å². The number of hydrogen-bond donors (Lipinski definition) is 2. The molecule has 2 N–H and O–H groups in total. The van der Waals surface area contributed by atoms with Crippen LogP contribution in [0.5, 0.6) is 0 Å². The molecule has 1 aromatic rings. The summed E-state index contributed by atoms with van der Waals surface area (Å²) in [5.74, 6) is 0. The van der Waals surface area contributed by atoms with Gasteiger partial charge in [0.25, 0.3) is 0 Å². The molecule has 1 heterocycles. The molecule has 0 aromatic carbocycles. The molecule has 1 rings (SSSR count). The number of aliphatic hydroxyl groups is 1. The van der Waals surface area contributed by atoms with Gasteiger partial charge in [-0.1, -0.05) is 0 Å². The standard InChI is InChI=1S/C11H21N3O/c1-4-14-8-11(7-13-14)6-12-9(2)5-10(3)15/h7-10,12,15H,4-6H2,1-3H3. The number of nitrogens with zero attached hydrogens (tertiary/aromatic N) is 2. The van der Waals surface area contributed by atoms with Crippen molar-refractivity contribution in [3.63, 3.8) is 0 Å². The second-order valence-corrected chi connectivity index (χ2v) is 4.07. The number of aromatic nitrogens is 2. The first kappa shape index (κ1) is 12.2. The van der Waals surface area contributed by atoms with Crippen LogP contribution in [0.25, 0.3) is 0 Å². The van der Waals surface area contributed by atoms with Gasteiger partial charge in [-0.3, -0.25) is 4.68 Å². The molecule has 86 valence electrons. The Morgan fingerprint density at radius 2 is 2.27 bits per heavy atom. The smallest absolute Gasteiger partial charge is 0.0534 e. The van der Waals surface area contributed by atoms with E-state index in [0.717, 1.165) is 19.5 Å². The number of nitrogens with one attached hydrogen (secondary N) is 1. The van der Waals surface area contributed by atoms with Crippen LogP contribution in [0.15, 0.2) is 12.4 Å². The van der Waals surface area contributed by atoms with Crippen LogP contribution in [0.3, 0.4) is 0 Å². The number of hydrogen-bond acceptors (Lipinski definition) is 3. The van der Waals surface area contributed by atoms with E-state index >= 15 is 0 Å². The molecule has 15 heavy (non-hydrogen) atoms. The predicted molar refractivity (Wildman–Crippen MR) is 60.5 cm³/mol. The van der Waals surface area contributed by atoms with Crippen LogP contribution in [0.2, 0.25) is 0 Å². The fraction of sp³-hybridized carbons (Fsp3) is 0.727. The summed E-state index contributed by atoms with van der Waals surface area (Å²) in [6.45, 7) is 7.68. The Balaban J connectivity index is 2.30. The molecule has 0 saturated carbocycles. The van der Waals surface area contributed by atoms with E-state index < -0.39 is 0 Å². The topological polar surface area (TPSA) is 50.1 Å². The molecule has 0 bridgehead atoms. The molecular weight excluding hydrogens is 190 g/mol. The van der Waals surface area contributed by atoms with Crippen molar-refractivity contribution in [3.05, 3.63) is 18.0 Å². The van der Waals surface area contributed by atoms with Crippen LogP contribution >= 0.6 is 0 Å². The van der Waals surface area contributed by atoms with E-state index in [9.17, 15) is 5.11 Å². The first-order valence-corrected chi connectivity index (χ1v) is 5.54. The third kappa shape index (κ3) is 4.44. The minimum absolute atomic E-state index is 0.245. The summed E-state index contributed by atoms with van der Waals surface area (Å²) in [6, 6.07) is 0.329. The molecule has 0 spiro atoms. The molecule has 0 saturated heterocycles. The normalized spacial score (nSPS) is 15.2. The first-order chi connectivity index (χ1) is 7.11. The molecule has 4 heteroatoms. The lowest BCUT2D eigenvalue weighted by Crippen LogP contribution is -2.28. The van der Waals surface area contributed by atoms with Gasteiger partial charge in [-0.25, -0.2) is 0 Å².